The molecule has 0 saturated carbocycles. The lowest BCUT2D eigenvalue weighted by molar-refractivity contribution is -0.159. The van der Waals surface area contributed by atoms with Gasteiger partial charge in [-0.1, -0.05) is 47.6 Å². The molecular weight excluding hydrogens is 342 g/mol. The third-order valence-electron chi connectivity index (χ3n) is 4.10. The van der Waals surface area contributed by atoms with E-state index in [1.54, 1.807) is 32.2 Å². The van der Waals surface area contributed by atoms with Crippen LogP contribution in [-0.2, 0) is 16.1 Å². The van der Waals surface area contributed by atoms with Crippen LogP contribution in [0, 0.1) is 0 Å². The minimum absolute atomic E-state index is 0.126. The van der Waals surface area contributed by atoms with Gasteiger partial charge in [-0.3, -0.25) is 0 Å². The maximum absolute atomic E-state index is 12.2. The highest BCUT2D eigenvalue weighted by Gasteiger charge is 2.32. The fraction of sp³-hybridized carbons (Fsp3) is 0.182. The van der Waals surface area contributed by atoms with Crippen molar-refractivity contribution in [3.05, 3.63) is 72.3 Å². The van der Waals surface area contributed by atoms with Gasteiger partial charge in [-0.2, -0.15) is 0 Å². The lowest BCUT2D eigenvalue weighted by Crippen LogP contribution is -2.39. The molecule has 0 spiro atoms. The Hall–Kier alpha value is -3.34. The van der Waals surface area contributed by atoms with Crippen molar-refractivity contribution in [1.29, 1.82) is 0 Å². The summed E-state index contributed by atoms with van der Waals surface area (Å²) in [5.74, 6) is -0.0278. The van der Waals surface area contributed by atoms with Crippen molar-refractivity contribution in [3.8, 4) is 11.5 Å². The molecule has 27 heavy (non-hydrogen) atoms. The molecule has 0 unspecified atom stereocenters. The molecule has 3 aromatic carbocycles. The minimum Gasteiger partial charge on any atom is -0.508 e. The van der Waals surface area contributed by atoms with Gasteiger partial charge in [0.1, 0.15) is 11.5 Å². The maximum atomic E-state index is 12.2. The second kappa shape index (κ2) is 7.91. The second-order valence-electron chi connectivity index (χ2n) is 6.62. The maximum Gasteiger partial charge on any atom is 0.377 e. The minimum atomic E-state index is -1.21. The van der Waals surface area contributed by atoms with Gasteiger partial charge in [0.05, 0.1) is 0 Å². The summed E-state index contributed by atoms with van der Waals surface area (Å²) in [7, 11) is 0. The molecule has 0 radical (unpaired) electrons. The van der Waals surface area contributed by atoms with Crippen LogP contribution in [0.5, 0.6) is 11.5 Å². The van der Waals surface area contributed by atoms with Gasteiger partial charge in [-0.05, 0) is 54.4 Å². The molecule has 0 fully saturated rings. The fourth-order valence-corrected chi connectivity index (χ4v) is 2.65. The number of hydrogen-bond acceptors (Lipinski definition) is 5. The van der Waals surface area contributed by atoms with Crippen LogP contribution in [0.4, 0.5) is 0 Å². The number of oxime groups is 1. The van der Waals surface area contributed by atoms with Crippen LogP contribution in [-0.4, -0.2) is 22.9 Å². The molecule has 5 nitrogen and oxygen atoms in total. The van der Waals surface area contributed by atoms with E-state index in [1.807, 2.05) is 24.3 Å². The summed E-state index contributed by atoms with van der Waals surface area (Å²) < 4.78 is 5.63. The largest absolute Gasteiger partial charge is 0.508 e. The van der Waals surface area contributed by atoms with E-state index in [0.717, 1.165) is 16.3 Å². The molecule has 0 bridgehead atoms. The van der Waals surface area contributed by atoms with Crippen molar-refractivity contribution < 1.29 is 19.5 Å². The van der Waals surface area contributed by atoms with Gasteiger partial charge in [0.25, 0.3) is 0 Å². The predicted octanol–water partition coefficient (Wildman–Crippen LogP) is 4.47. The van der Waals surface area contributed by atoms with Crippen LogP contribution in [0.25, 0.3) is 10.8 Å². The number of benzene rings is 3. The first-order valence-corrected chi connectivity index (χ1v) is 8.64. The van der Waals surface area contributed by atoms with Gasteiger partial charge < -0.3 is 14.7 Å². The van der Waals surface area contributed by atoms with E-state index in [4.69, 9.17) is 9.57 Å². The molecule has 138 valence electrons. The number of nitrogens with zero attached hydrogens (tertiary/aromatic N) is 1. The second-order valence-corrected chi connectivity index (χ2v) is 6.62. The van der Waals surface area contributed by atoms with Gasteiger partial charge in [0.2, 0.25) is 5.60 Å². The predicted molar refractivity (Wildman–Crippen MR) is 105 cm³/mol. The number of carbonyl (C=O) groups excluding carboxylic acids is 1. The normalized spacial score (nSPS) is 11.6. The Morgan fingerprint density at radius 3 is 2.52 bits per heavy atom. The molecule has 0 atom stereocenters. The molecule has 0 aliphatic heterocycles. The third kappa shape index (κ3) is 4.64. The van der Waals surface area contributed by atoms with Crippen LogP contribution in [0.3, 0.4) is 0 Å². The number of phenols is 1. The summed E-state index contributed by atoms with van der Waals surface area (Å²) in [5.41, 5.74) is -0.110. The van der Waals surface area contributed by atoms with E-state index in [-0.39, 0.29) is 5.75 Å². The Morgan fingerprint density at radius 2 is 1.74 bits per heavy atom. The van der Waals surface area contributed by atoms with Gasteiger partial charge in [0, 0.05) is 12.6 Å². The van der Waals surface area contributed by atoms with Crippen molar-refractivity contribution in [2.45, 2.75) is 25.9 Å². The monoisotopic (exact) mass is 363 g/mol. The van der Waals surface area contributed by atoms with Crippen LogP contribution in [0.1, 0.15) is 19.4 Å². The summed E-state index contributed by atoms with van der Waals surface area (Å²) in [5, 5.41) is 15.4. The van der Waals surface area contributed by atoms with Gasteiger partial charge in [-0.25, -0.2) is 4.79 Å². The van der Waals surface area contributed by atoms with E-state index >= 15 is 0 Å². The standard InChI is InChI=1S/C22H21NO4/c1-22(2,26-19-12-10-18(24)11-13-19)21(25)27-23-15-14-17-8-5-7-16-6-3-4-9-20(16)17/h3-13,15,24H,14H2,1-2H3/b23-15+. The first kappa shape index (κ1) is 18.5. The summed E-state index contributed by atoms with van der Waals surface area (Å²) >= 11 is 0. The Balaban J connectivity index is 1.59. The molecule has 0 aliphatic rings. The van der Waals surface area contributed by atoms with Crippen molar-refractivity contribution in [2.24, 2.45) is 5.16 Å². The summed E-state index contributed by atoms with van der Waals surface area (Å²) in [4.78, 5) is 17.2. The Kier molecular flexibility index (Phi) is 5.41. The number of carbonyl (C=O) groups is 1. The Labute approximate surface area is 157 Å². The van der Waals surface area contributed by atoms with Crippen LogP contribution in [0.2, 0.25) is 0 Å². The first-order chi connectivity index (χ1) is 13.0. The molecule has 1 N–H and O–H groups in total. The molecular formula is C22H21NO4. The van der Waals surface area contributed by atoms with Crippen LogP contribution in [0.15, 0.2) is 71.9 Å². The van der Waals surface area contributed by atoms with Crippen molar-refractivity contribution >= 4 is 23.0 Å². The average molecular weight is 363 g/mol. The summed E-state index contributed by atoms with van der Waals surface area (Å²) in [6.07, 6.45) is 2.12. The lowest BCUT2D eigenvalue weighted by atomic mass is 10.0. The molecule has 3 rings (SSSR count). The van der Waals surface area contributed by atoms with Crippen molar-refractivity contribution in [1.82, 2.24) is 0 Å². The smallest absolute Gasteiger partial charge is 0.377 e. The van der Waals surface area contributed by atoms with E-state index in [0.29, 0.717) is 12.2 Å². The van der Waals surface area contributed by atoms with E-state index in [9.17, 15) is 9.90 Å². The third-order valence-corrected chi connectivity index (χ3v) is 4.10. The first-order valence-electron chi connectivity index (χ1n) is 8.64. The average Bonchev–Trinajstić information content (AvgIpc) is 2.66. The van der Waals surface area contributed by atoms with E-state index in [2.05, 4.69) is 23.4 Å². The zero-order valence-electron chi connectivity index (χ0n) is 15.3. The van der Waals surface area contributed by atoms with E-state index in [1.165, 1.54) is 12.1 Å². The highest BCUT2D eigenvalue weighted by atomic mass is 16.7. The molecule has 3 aromatic rings. The number of fused-ring (bicyclic) bond motifs is 1. The van der Waals surface area contributed by atoms with Gasteiger partial charge in [0.15, 0.2) is 0 Å². The zero-order chi connectivity index (χ0) is 19.3. The number of phenolic OH excluding ortho intramolecular Hbond substituents is 1. The van der Waals surface area contributed by atoms with Gasteiger partial charge in [-0.15, -0.1) is 0 Å². The zero-order valence-corrected chi connectivity index (χ0v) is 15.3. The number of hydrogen-bond donors (Lipinski definition) is 1. The SMILES string of the molecule is CC(C)(Oc1ccc(O)cc1)C(=O)O/N=C/Cc1cccc2ccccc12. The highest BCUT2D eigenvalue weighted by molar-refractivity contribution is 5.87. The molecule has 0 amide bonds. The Morgan fingerprint density at radius 1 is 1.04 bits per heavy atom. The molecule has 0 aliphatic carbocycles. The summed E-state index contributed by atoms with van der Waals surface area (Å²) in [6, 6.07) is 20.3. The fourth-order valence-electron chi connectivity index (χ4n) is 2.65. The van der Waals surface area contributed by atoms with Crippen LogP contribution < -0.4 is 4.74 Å². The van der Waals surface area contributed by atoms with Crippen LogP contribution >= 0.6 is 0 Å². The summed E-state index contributed by atoms with van der Waals surface area (Å²) in [6.45, 7) is 3.20. The molecule has 5 heteroatoms. The topological polar surface area (TPSA) is 68.1 Å². The number of rotatable bonds is 6. The van der Waals surface area contributed by atoms with Crippen molar-refractivity contribution in [3.63, 3.8) is 0 Å². The van der Waals surface area contributed by atoms with Crippen molar-refractivity contribution in [2.75, 3.05) is 0 Å². The quantitative estimate of drug-likeness (QED) is 0.398. The van der Waals surface area contributed by atoms with Gasteiger partial charge >= 0.3 is 5.97 Å². The number of ether oxygens (including phenoxy) is 1. The lowest BCUT2D eigenvalue weighted by Gasteiger charge is -2.22. The highest BCUT2D eigenvalue weighted by Crippen LogP contribution is 2.22. The molecule has 0 heterocycles. The molecule has 0 saturated heterocycles. The Bertz CT molecular complexity index is 956. The van der Waals surface area contributed by atoms with E-state index < -0.39 is 11.6 Å². The molecule has 0 aromatic heterocycles. The number of aromatic hydroxyl groups is 1.